The largest absolute Gasteiger partial charge is 0.497 e. The van der Waals surface area contributed by atoms with Crippen LogP contribution in [-0.4, -0.2) is 22.8 Å². The molecule has 0 bridgehead atoms. The zero-order valence-corrected chi connectivity index (χ0v) is 14.1. The maximum absolute atomic E-state index is 14.0. The highest BCUT2D eigenvalue weighted by atomic mass is 19.1. The lowest BCUT2D eigenvalue weighted by molar-refractivity contribution is 0.0942. The molecule has 1 amide bonds. The van der Waals surface area contributed by atoms with E-state index >= 15 is 0 Å². The van der Waals surface area contributed by atoms with E-state index in [1.165, 1.54) is 7.11 Å². The molecule has 0 aliphatic heterocycles. The van der Waals surface area contributed by atoms with Gasteiger partial charge in [-0.15, -0.1) is 0 Å². The molecule has 1 N–H and O–H groups in total. The third-order valence-corrected chi connectivity index (χ3v) is 3.98. The van der Waals surface area contributed by atoms with E-state index in [4.69, 9.17) is 4.74 Å². The standard InChI is InChI=1S/C18H17F2N3O2/c1-10-4-5-16-12(6-10)15(22-23(16)2)9-21-18(24)17-13(19)7-11(25-3)8-14(17)20/h4-8H,9H2,1-3H3,(H,21,24). The van der Waals surface area contributed by atoms with E-state index < -0.39 is 23.1 Å². The second-order valence-corrected chi connectivity index (χ2v) is 5.74. The molecule has 25 heavy (non-hydrogen) atoms. The van der Waals surface area contributed by atoms with Crippen molar-refractivity contribution in [3.8, 4) is 5.75 Å². The predicted octanol–water partition coefficient (Wildman–Crippen LogP) is 3.10. The molecule has 1 aromatic heterocycles. The van der Waals surface area contributed by atoms with Gasteiger partial charge in [0, 0.05) is 24.6 Å². The van der Waals surface area contributed by atoms with Crippen LogP contribution in [0.5, 0.6) is 5.75 Å². The van der Waals surface area contributed by atoms with Crippen LogP contribution in [0.15, 0.2) is 30.3 Å². The first-order chi connectivity index (χ1) is 11.9. The molecule has 0 unspecified atom stereocenters. The Balaban J connectivity index is 1.85. The van der Waals surface area contributed by atoms with Crippen LogP contribution in [0.3, 0.4) is 0 Å². The quantitative estimate of drug-likeness (QED) is 0.790. The first-order valence-electron chi connectivity index (χ1n) is 7.64. The maximum atomic E-state index is 14.0. The molecule has 1 heterocycles. The minimum atomic E-state index is -0.976. The van der Waals surface area contributed by atoms with E-state index in [1.54, 1.807) is 11.7 Å². The Morgan fingerprint density at radius 2 is 1.92 bits per heavy atom. The first kappa shape index (κ1) is 16.9. The van der Waals surface area contributed by atoms with Crippen molar-refractivity contribution in [3.05, 3.63) is 58.8 Å². The lowest BCUT2D eigenvalue weighted by atomic mass is 10.1. The van der Waals surface area contributed by atoms with Crippen LogP contribution in [0.1, 0.15) is 21.6 Å². The van der Waals surface area contributed by atoms with Gasteiger partial charge in [-0.3, -0.25) is 9.48 Å². The number of rotatable bonds is 4. The molecule has 5 nitrogen and oxygen atoms in total. The second-order valence-electron chi connectivity index (χ2n) is 5.74. The number of fused-ring (bicyclic) bond motifs is 1. The highest BCUT2D eigenvalue weighted by Crippen LogP contribution is 2.22. The van der Waals surface area contributed by atoms with Crippen LogP contribution < -0.4 is 10.1 Å². The number of halogens is 2. The number of nitrogens with one attached hydrogen (secondary N) is 1. The zero-order valence-electron chi connectivity index (χ0n) is 14.1. The van der Waals surface area contributed by atoms with Gasteiger partial charge in [-0.05, 0) is 19.1 Å². The molecule has 0 radical (unpaired) electrons. The second kappa shape index (κ2) is 6.51. The molecule has 3 rings (SSSR count). The average Bonchev–Trinajstić information content (AvgIpc) is 2.87. The van der Waals surface area contributed by atoms with Crippen LogP contribution in [-0.2, 0) is 13.6 Å². The van der Waals surface area contributed by atoms with Gasteiger partial charge in [0.1, 0.15) is 22.9 Å². The number of methoxy groups -OCH3 is 1. The van der Waals surface area contributed by atoms with Crippen molar-refractivity contribution in [2.45, 2.75) is 13.5 Å². The Kier molecular flexibility index (Phi) is 4.39. The number of hydrogen-bond acceptors (Lipinski definition) is 3. The van der Waals surface area contributed by atoms with Crippen LogP contribution in [0, 0.1) is 18.6 Å². The summed E-state index contributed by atoms with van der Waals surface area (Å²) in [6.07, 6.45) is 0. The van der Waals surface area contributed by atoms with Gasteiger partial charge < -0.3 is 10.1 Å². The van der Waals surface area contributed by atoms with E-state index in [2.05, 4.69) is 10.4 Å². The van der Waals surface area contributed by atoms with Gasteiger partial charge in [-0.2, -0.15) is 5.10 Å². The molecule has 0 spiro atoms. The minimum Gasteiger partial charge on any atom is -0.497 e. The molecule has 0 aliphatic rings. The molecular formula is C18H17F2N3O2. The number of benzene rings is 2. The number of ether oxygens (including phenoxy) is 1. The lowest BCUT2D eigenvalue weighted by Gasteiger charge is -2.08. The summed E-state index contributed by atoms with van der Waals surface area (Å²) in [6, 6.07) is 7.80. The monoisotopic (exact) mass is 345 g/mol. The van der Waals surface area contributed by atoms with Crippen molar-refractivity contribution in [3.63, 3.8) is 0 Å². The van der Waals surface area contributed by atoms with Crippen molar-refractivity contribution < 1.29 is 18.3 Å². The topological polar surface area (TPSA) is 56.1 Å². The molecule has 2 aromatic carbocycles. The van der Waals surface area contributed by atoms with Crippen molar-refractivity contribution in [2.24, 2.45) is 7.05 Å². The van der Waals surface area contributed by atoms with Gasteiger partial charge in [0.2, 0.25) is 0 Å². The van der Waals surface area contributed by atoms with Crippen molar-refractivity contribution in [2.75, 3.05) is 7.11 Å². The highest BCUT2D eigenvalue weighted by Gasteiger charge is 2.20. The lowest BCUT2D eigenvalue weighted by Crippen LogP contribution is -2.25. The molecule has 3 aromatic rings. The SMILES string of the molecule is COc1cc(F)c(C(=O)NCc2nn(C)c3ccc(C)cc23)c(F)c1. The molecule has 130 valence electrons. The fourth-order valence-electron chi connectivity index (χ4n) is 2.72. The van der Waals surface area contributed by atoms with Crippen molar-refractivity contribution >= 4 is 16.8 Å². The van der Waals surface area contributed by atoms with Gasteiger partial charge in [-0.1, -0.05) is 11.6 Å². The summed E-state index contributed by atoms with van der Waals surface area (Å²) in [5, 5.41) is 7.77. The van der Waals surface area contributed by atoms with Crippen molar-refractivity contribution in [1.82, 2.24) is 15.1 Å². The normalized spacial score (nSPS) is 10.9. The number of amides is 1. The van der Waals surface area contributed by atoms with Crippen LogP contribution in [0.25, 0.3) is 10.9 Å². The number of aryl methyl sites for hydroxylation is 2. The summed E-state index contributed by atoms with van der Waals surface area (Å²) in [4.78, 5) is 12.2. The highest BCUT2D eigenvalue weighted by molar-refractivity contribution is 5.95. The number of aromatic nitrogens is 2. The van der Waals surface area contributed by atoms with Gasteiger partial charge in [0.05, 0.1) is 24.9 Å². The summed E-state index contributed by atoms with van der Waals surface area (Å²) < 4.78 is 34.4. The first-order valence-corrected chi connectivity index (χ1v) is 7.64. The molecule has 7 heteroatoms. The zero-order chi connectivity index (χ0) is 18.1. The summed E-state index contributed by atoms with van der Waals surface area (Å²) >= 11 is 0. The van der Waals surface area contributed by atoms with Gasteiger partial charge >= 0.3 is 0 Å². The Labute approximate surface area is 143 Å². The third kappa shape index (κ3) is 3.17. The fraction of sp³-hybridized carbons (Fsp3) is 0.222. The summed E-state index contributed by atoms with van der Waals surface area (Å²) in [6.45, 7) is 2.02. The van der Waals surface area contributed by atoms with Crippen LogP contribution in [0.4, 0.5) is 8.78 Å². The van der Waals surface area contributed by atoms with Gasteiger partial charge in [0.25, 0.3) is 5.91 Å². The Morgan fingerprint density at radius 3 is 2.56 bits per heavy atom. The molecule has 0 saturated heterocycles. The minimum absolute atomic E-state index is 0.0118. The molecule has 0 fully saturated rings. The Bertz CT molecular complexity index is 943. The number of hydrogen-bond donors (Lipinski definition) is 1. The maximum Gasteiger partial charge on any atom is 0.257 e. The molecule has 0 aliphatic carbocycles. The van der Waals surface area contributed by atoms with E-state index in [1.807, 2.05) is 25.1 Å². The Hall–Kier alpha value is -2.96. The van der Waals surface area contributed by atoms with Gasteiger partial charge in [0.15, 0.2) is 0 Å². The van der Waals surface area contributed by atoms with Crippen LogP contribution in [0.2, 0.25) is 0 Å². The average molecular weight is 345 g/mol. The van der Waals surface area contributed by atoms with Crippen LogP contribution >= 0.6 is 0 Å². The fourth-order valence-corrected chi connectivity index (χ4v) is 2.72. The smallest absolute Gasteiger partial charge is 0.257 e. The summed E-state index contributed by atoms with van der Waals surface area (Å²) in [5.74, 6) is -2.78. The number of carbonyl (C=O) groups excluding carboxylic acids is 1. The summed E-state index contributed by atoms with van der Waals surface area (Å²) in [7, 11) is 3.09. The predicted molar refractivity (Wildman–Crippen MR) is 89.5 cm³/mol. The molecule has 0 saturated carbocycles. The Morgan fingerprint density at radius 1 is 1.24 bits per heavy atom. The van der Waals surface area contributed by atoms with Crippen molar-refractivity contribution in [1.29, 1.82) is 0 Å². The molecule has 0 atom stereocenters. The third-order valence-electron chi connectivity index (χ3n) is 3.98. The number of nitrogens with zero attached hydrogens (tertiary/aromatic N) is 2. The molecular weight excluding hydrogens is 328 g/mol. The van der Waals surface area contributed by atoms with E-state index in [0.29, 0.717) is 5.69 Å². The van der Waals surface area contributed by atoms with E-state index in [9.17, 15) is 13.6 Å². The number of carbonyl (C=O) groups is 1. The summed E-state index contributed by atoms with van der Waals surface area (Å²) in [5.41, 5.74) is 1.96. The van der Waals surface area contributed by atoms with E-state index in [-0.39, 0.29) is 12.3 Å². The van der Waals surface area contributed by atoms with E-state index in [0.717, 1.165) is 28.6 Å². The van der Waals surface area contributed by atoms with Gasteiger partial charge in [-0.25, -0.2) is 8.78 Å².